The van der Waals surface area contributed by atoms with E-state index in [1.54, 1.807) is 6.92 Å². The molecule has 0 saturated heterocycles. The molecule has 2 aromatic rings. The molecule has 0 bridgehead atoms. The summed E-state index contributed by atoms with van der Waals surface area (Å²) < 4.78 is 24.5. The Bertz CT molecular complexity index is 728. The van der Waals surface area contributed by atoms with Crippen LogP contribution in [0.2, 0.25) is 0 Å². The molecule has 142 valence electrons. The highest BCUT2D eigenvalue weighted by atomic mass is 35.5. The predicted molar refractivity (Wildman–Crippen MR) is 101 cm³/mol. The maximum atomic E-state index is 14.3. The fraction of sp³-hybridized carbons (Fsp3) is 0.316. The van der Waals surface area contributed by atoms with Gasteiger partial charge in [0, 0.05) is 11.6 Å². The molecule has 0 aliphatic rings. The predicted octanol–water partition coefficient (Wildman–Crippen LogP) is 3.01. The van der Waals surface area contributed by atoms with Crippen LogP contribution in [0, 0.1) is 5.82 Å². The highest BCUT2D eigenvalue weighted by Crippen LogP contribution is 2.32. The third-order valence-electron chi connectivity index (χ3n) is 3.96. The SMILES string of the molecule is COc1cc(F)c(C(C)NC(=O)[C@@H](N)Cc2ccccc2)cc1OC.Cl. The lowest BCUT2D eigenvalue weighted by atomic mass is 10.0. The number of halogens is 2. The fourth-order valence-electron chi connectivity index (χ4n) is 2.56. The van der Waals surface area contributed by atoms with Crippen molar-refractivity contribution in [2.75, 3.05) is 14.2 Å². The monoisotopic (exact) mass is 382 g/mol. The van der Waals surface area contributed by atoms with E-state index in [9.17, 15) is 9.18 Å². The van der Waals surface area contributed by atoms with Gasteiger partial charge in [-0.3, -0.25) is 4.79 Å². The molecule has 0 aromatic heterocycles. The van der Waals surface area contributed by atoms with Gasteiger partial charge in [0.15, 0.2) is 11.5 Å². The van der Waals surface area contributed by atoms with E-state index < -0.39 is 17.9 Å². The minimum Gasteiger partial charge on any atom is -0.493 e. The number of hydrogen-bond donors (Lipinski definition) is 2. The number of carbonyl (C=O) groups excluding carboxylic acids is 1. The molecular weight excluding hydrogens is 359 g/mol. The van der Waals surface area contributed by atoms with Crippen molar-refractivity contribution < 1.29 is 18.7 Å². The summed E-state index contributed by atoms with van der Waals surface area (Å²) in [5.74, 6) is -0.135. The molecule has 2 rings (SSSR count). The second kappa shape index (κ2) is 9.99. The first kappa shape index (κ1) is 21.7. The molecule has 2 aromatic carbocycles. The van der Waals surface area contributed by atoms with Crippen molar-refractivity contribution in [2.45, 2.75) is 25.4 Å². The van der Waals surface area contributed by atoms with Crippen molar-refractivity contribution >= 4 is 18.3 Å². The maximum absolute atomic E-state index is 14.3. The normalized spacial score (nSPS) is 12.5. The van der Waals surface area contributed by atoms with E-state index >= 15 is 0 Å². The van der Waals surface area contributed by atoms with E-state index in [0.717, 1.165) is 5.56 Å². The van der Waals surface area contributed by atoms with Crippen LogP contribution in [0.4, 0.5) is 4.39 Å². The number of hydrogen-bond acceptors (Lipinski definition) is 4. The Morgan fingerprint density at radius 2 is 1.73 bits per heavy atom. The standard InChI is InChI=1S/C19H23FN2O3.ClH/c1-12(14-10-17(24-2)18(25-3)11-15(14)20)22-19(23)16(21)9-13-7-5-4-6-8-13;/h4-8,10-12,16H,9,21H2,1-3H3,(H,22,23);1H/t12?,16-;/m0./s1. The first-order chi connectivity index (χ1) is 12.0. The van der Waals surface area contributed by atoms with Crippen molar-refractivity contribution in [1.29, 1.82) is 0 Å². The summed E-state index contributed by atoms with van der Waals surface area (Å²) in [5.41, 5.74) is 7.24. The number of amides is 1. The van der Waals surface area contributed by atoms with Gasteiger partial charge in [-0.05, 0) is 25.0 Å². The van der Waals surface area contributed by atoms with Crippen LogP contribution in [0.1, 0.15) is 24.1 Å². The maximum Gasteiger partial charge on any atom is 0.237 e. The first-order valence-corrected chi connectivity index (χ1v) is 7.97. The third-order valence-corrected chi connectivity index (χ3v) is 3.96. The fourth-order valence-corrected chi connectivity index (χ4v) is 2.56. The Morgan fingerprint density at radius 3 is 2.31 bits per heavy atom. The van der Waals surface area contributed by atoms with Crippen LogP contribution in [-0.4, -0.2) is 26.2 Å². The first-order valence-electron chi connectivity index (χ1n) is 7.97. The van der Waals surface area contributed by atoms with Crippen LogP contribution >= 0.6 is 12.4 Å². The Balaban J connectivity index is 0.00000338. The summed E-state index contributed by atoms with van der Waals surface area (Å²) in [6.45, 7) is 1.69. The Labute approximate surface area is 159 Å². The van der Waals surface area contributed by atoms with Gasteiger partial charge in [0.25, 0.3) is 0 Å². The topological polar surface area (TPSA) is 73.6 Å². The molecule has 0 aliphatic carbocycles. The van der Waals surface area contributed by atoms with E-state index in [4.69, 9.17) is 15.2 Å². The molecule has 2 atom stereocenters. The summed E-state index contributed by atoms with van der Waals surface area (Å²) in [6.07, 6.45) is 0.411. The Kier molecular flexibility index (Phi) is 8.35. The molecule has 0 heterocycles. The average molecular weight is 383 g/mol. The quantitative estimate of drug-likeness (QED) is 0.772. The van der Waals surface area contributed by atoms with Crippen LogP contribution in [-0.2, 0) is 11.2 Å². The van der Waals surface area contributed by atoms with E-state index in [1.165, 1.54) is 26.4 Å². The van der Waals surface area contributed by atoms with Crippen LogP contribution in [0.25, 0.3) is 0 Å². The molecule has 26 heavy (non-hydrogen) atoms. The average Bonchev–Trinajstić information content (AvgIpc) is 2.61. The lowest BCUT2D eigenvalue weighted by molar-refractivity contribution is -0.123. The molecule has 0 radical (unpaired) electrons. The lowest BCUT2D eigenvalue weighted by Crippen LogP contribution is -2.43. The Hall–Kier alpha value is -2.31. The molecule has 1 unspecified atom stereocenters. The molecule has 5 nitrogen and oxygen atoms in total. The smallest absolute Gasteiger partial charge is 0.237 e. The molecule has 3 N–H and O–H groups in total. The Morgan fingerprint density at radius 1 is 1.15 bits per heavy atom. The number of ether oxygens (including phenoxy) is 2. The van der Waals surface area contributed by atoms with Crippen LogP contribution in [0.5, 0.6) is 11.5 Å². The van der Waals surface area contributed by atoms with Gasteiger partial charge in [0.05, 0.1) is 26.3 Å². The number of benzene rings is 2. The van der Waals surface area contributed by atoms with Gasteiger partial charge in [-0.2, -0.15) is 0 Å². The van der Waals surface area contributed by atoms with Gasteiger partial charge in [-0.15, -0.1) is 12.4 Å². The molecule has 0 spiro atoms. The van der Waals surface area contributed by atoms with Crippen LogP contribution < -0.4 is 20.5 Å². The zero-order valence-corrected chi connectivity index (χ0v) is 15.8. The van der Waals surface area contributed by atoms with E-state index in [1.807, 2.05) is 30.3 Å². The number of methoxy groups -OCH3 is 2. The van der Waals surface area contributed by atoms with E-state index in [2.05, 4.69) is 5.32 Å². The zero-order valence-electron chi connectivity index (χ0n) is 15.0. The molecule has 7 heteroatoms. The van der Waals surface area contributed by atoms with Crippen molar-refractivity contribution in [1.82, 2.24) is 5.32 Å². The largest absolute Gasteiger partial charge is 0.493 e. The zero-order chi connectivity index (χ0) is 18.4. The second-order valence-electron chi connectivity index (χ2n) is 5.76. The van der Waals surface area contributed by atoms with E-state index in [0.29, 0.717) is 23.5 Å². The third kappa shape index (κ3) is 5.34. The lowest BCUT2D eigenvalue weighted by Gasteiger charge is -2.20. The van der Waals surface area contributed by atoms with Crippen molar-refractivity contribution in [2.24, 2.45) is 5.73 Å². The minimum absolute atomic E-state index is 0. The molecular formula is C19H24ClFN2O3. The van der Waals surface area contributed by atoms with Crippen molar-refractivity contribution in [3.8, 4) is 11.5 Å². The highest BCUT2D eigenvalue weighted by molar-refractivity contribution is 5.85. The van der Waals surface area contributed by atoms with Gasteiger partial charge in [-0.25, -0.2) is 4.39 Å². The summed E-state index contributed by atoms with van der Waals surface area (Å²) in [5, 5.41) is 2.75. The number of rotatable bonds is 7. The van der Waals surface area contributed by atoms with Crippen molar-refractivity contribution in [3.05, 3.63) is 59.4 Å². The number of carbonyl (C=O) groups is 1. The van der Waals surface area contributed by atoms with Gasteiger partial charge in [-0.1, -0.05) is 30.3 Å². The van der Waals surface area contributed by atoms with E-state index in [-0.39, 0.29) is 18.3 Å². The van der Waals surface area contributed by atoms with Gasteiger partial charge in [0.2, 0.25) is 5.91 Å². The highest BCUT2D eigenvalue weighted by Gasteiger charge is 2.21. The van der Waals surface area contributed by atoms with Crippen LogP contribution in [0.15, 0.2) is 42.5 Å². The van der Waals surface area contributed by atoms with Crippen molar-refractivity contribution in [3.63, 3.8) is 0 Å². The summed E-state index contributed by atoms with van der Waals surface area (Å²) in [6, 6.07) is 11.0. The van der Waals surface area contributed by atoms with Gasteiger partial charge < -0.3 is 20.5 Å². The second-order valence-corrected chi connectivity index (χ2v) is 5.76. The van der Waals surface area contributed by atoms with Gasteiger partial charge in [0.1, 0.15) is 5.82 Å². The molecule has 0 aliphatic heterocycles. The molecule has 1 amide bonds. The molecule has 0 fully saturated rings. The summed E-state index contributed by atoms with van der Waals surface area (Å²) in [4.78, 5) is 12.3. The number of nitrogens with two attached hydrogens (primary N) is 1. The number of nitrogens with one attached hydrogen (secondary N) is 1. The summed E-state index contributed by atoms with van der Waals surface area (Å²) >= 11 is 0. The molecule has 0 saturated carbocycles. The van der Waals surface area contributed by atoms with Crippen LogP contribution in [0.3, 0.4) is 0 Å². The summed E-state index contributed by atoms with van der Waals surface area (Å²) in [7, 11) is 2.91. The van der Waals surface area contributed by atoms with Gasteiger partial charge >= 0.3 is 0 Å². The minimum atomic E-state index is -0.715.